The molecule has 1 aliphatic heterocycles. The second kappa shape index (κ2) is 6.29. The summed E-state index contributed by atoms with van der Waals surface area (Å²) < 4.78 is -0.183. The molecule has 0 radical (unpaired) electrons. The lowest BCUT2D eigenvalue weighted by Crippen LogP contribution is -2.46. The van der Waals surface area contributed by atoms with Crippen LogP contribution in [0.25, 0.3) is 0 Å². The zero-order chi connectivity index (χ0) is 12.2. The molecule has 0 aliphatic carbocycles. The number of hydrogen-bond acceptors (Lipinski definition) is 2. The Morgan fingerprint density at radius 3 is 2.69 bits per heavy atom. The molecule has 4 heteroatoms. The van der Waals surface area contributed by atoms with Gasteiger partial charge in [0, 0.05) is 11.4 Å². The smallest absolute Gasteiger partial charge is 0.236 e. The van der Waals surface area contributed by atoms with E-state index >= 15 is 0 Å². The molecular weight excluding hydrogens is 286 g/mol. The van der Waals surface area contributed by atoms with Gasteiger partial charge in [0.25, 0.3) is 0 Å². The van der Waals surface area contributed by atoms with Crippen LogP contribution in [0.3, 0.4) is 0 Å². The van der Waals surface area contributed by atoms with E-state index in [1.807, 2.05) is 0 Å². The van der Waals surface area contributed by atoms with Crippen LogP contribution in [-0.2, 0) is 4.79 Å². The van der Waals surface area contributed by atoms with Crippen molar-refractivity contribution in [2.45, 2.75) is 50.8 Å². The van der Waals surface area contributed by atoms with Gasteiger partial charge in [0.05, 0.1) is 4.75 Å². The Morgan fingerprint density at radius 2 is 2.25 bits per heavy atom. The molecule has 0 saturated carbocycles. The Morgan fingerprint density at radius 1 is 1.56 bits per heavy atom. The molecule has 0 aromatic rings. The SMILES string of the molecule is CC(C)CC(CBr)NC(=O)C1(C)CCCS1. The van der Waals surface area contributed by atoms with Gasteiger partial charge in [0.1, 0.15) is 0 Å². The molecular formula is C12H22BrNOS. The van der Waals surface area contributed by atoms with Gasteiger partial charge in [-0.25, -0.2) is 0 Å². The minimum atomic E-state index is -0.183. The van der Waals surface area contributed by atoms with Crippen molar-refractivity contribution in [1.29, 1.82) is 0 Å². The lowest BCUT2D eigenvalue weighted by molar-refractivity contribution is -0.123. The summed E-state index contributed by atoms with van der Waals surface area (Å²) in [6, 6.07) is 0.269. The molecule has 0 bridgehead atoms. The fourth-order valence-corrected chi connectivity index (χ4v) is 3.67. The standard InChI is InChI=1S/C12H22BrNOS/c1-9(2)7-10(8-13)14-11(15)12(3)5-4-6-16-12/h9-10H,4-8H2,1-3H3,(H,14,15). The summed E-state index contributed by atoms with van der Waals surface area (Å²) in [7, 11) is 0. The summed E-state index contributed by atoms with van der Waals surface area (Å²) in [5.74, 6) is 1.96. The normalized spacial score (nSPS) is 27.1. The van der Waals surface area contributed by atoms with E-state index in [1.165, 1.54) is 0 Å². The number of rotatable bonds is 5. The predicted octanol–water partition coefficient (Wildman–Crippen LogP) is 3.20. The number of carbonyl (C=O) groups excluding carboxylic acids is 1. The molecule has 1 saturated heterocycles. The van der Waals surface area contributed by atoms with Crippen LogP contribution < -0.4 is 5.32 Å². The third-order valence-corrected chi connectivity index (χ3v) is 5.28. The van der Waals surface area contributed by atoms with Gasteiger partial charge in [-0.05, 0) is 37.9 Å². The van der Waals surface area contributed by atoms with E-state index in [9.17, 15) is 4.79 Å². The van der Waals surface area contributed by atoms with Gasteiger partial charge in [-0.3, -0.25) is 4.79 Å². The van der Waals surface area contributed by atoms with E-state index in [-0.39, 0.29) is 16.7 Å². The average molecular weight is 308 g/mol. The number of thioether (sulfide) groups is 1. The summed E-state index contributed by atoms with van der Waals surface area (Å²) >= 11 is 5.27. The van der Waals surface area contributed by atoms with Crippen molar-refractivity contribution in [1.82, 2.24) is 5.32 Å². The van der Waals surface area contributed by atoms with Crippen molar-refractivity contribution < 1.29 is 4.79 Å². The molecule has 1 amide bonds. The van der Waals surface area contributed by atoms with Gasteiger partial charge in [-0.15, -0.1) is 11.8 Å². The molecule has 0 aromatic carbocycles. The van der Waals surface area contributed by atoms with Crippen molar-refractivity contribution in [3.05, 3.63) is 0 Å². The summed E-state index contributed by atoms with van der Waals surface area (Å²) in [6.45, 7) is 6.45. The fraction of sp³-hybridized carbons (Fsp3) is 0.917. The maximum atomic E-state index is 12.2. The third-order valence-electron chi connectivity index (χ3n) is 2.98. The predicted molar refractivity (Wildman–Crippen MR) is 75.3 cm³/mol. The number of carbonyl (C=O) groups is 1. The molecule has 0 aromatic heterocycles. The molecule has 1 aliphatic rings. The number of halogens is 1. The van der Waals surface area contributed by atoms with Crippen molar-refractivity contribution >= 4 is 33.6 Å². The lowest BCUT2D eigenvalue weighted by Gasteiger charge is -2.26. The number of alkyl halides is 1. The first-order valence-corrected chi connectivity index (χ1v) is 8.09. The second-order valence-electron chi connectivity index (χ2n) is 5.14. The van der Waals surface area contributed by atoms with Crippen LogP contribution in [0.1, 0.15) is 40.0 Å². The molecule has 0 spiro atoms. The van der Waals surface area contributed by atoms with Crippen LogP contribution in [0.4, 0.5) is 0 Å². The second-order valence-corrected chi connectivity index (χ2v) is 7.38. The first-order chi connectivity index (χ1) is 7.48. The van der Waals surface area contributed by atoms with Gasteiger partial charge in [0.2, 0.25) is 5.91 Å². The zero-order valence-electron chi connectivity index (χ0n) is 10.4. The average Bonchev–Trinajstić information content (AvgIpc) is 2.64. The third kappa shape index (κ3) is 3.95. The highest BCUT2D eigenvalue weighted by Crippen LogP contribution is 2.37. The highest BCUT2D eigenvalue weighted by Gasteiger charge is 2.37. The van der Waals surface area contributed by atoms with Crippen LogP contribution in [0, 0.1) is 5.92 Å². The first kappa shape index (κ1) is 14.4. The maximum absolute atomic E-state index is 12.2. The number of amides is 1. The molecule has 1 heterocycles. The van der Waals surface area contributed by atoms with Gasteiger partial charge >= 0.3 is 0 Å². The van der Waals surface area contributed by atoms with Crippen LogP contribution in [0.5, 0.6) is 0 Å². The summed E-state index contributed by atoms with van der Waals surface area (Å²) in [5, 5.41) is 4.02. The van der Waals surface area contributed by atoms with Crippen molar-refractivity contribution in [2.75, 3.05) is 11.1 Å². The number of nitrogens with one attached hydrogen (secondary N) is 1. The molecule has 1 rings (SSSR count). The van der Waals surface area contributed by atoms with E-state index in [4.69, 9.17) is 0 Å². The summed E-state index contributed by atoms with van der Waals surface area (Å²) in [6.07, 6.45) is 3.22. The van der Waals surface area contributed by atoms with Gasteiger partial charge < -0.3 is 5.32 Å². The van der Waals surface area contributed by atoms with Gasteiger partial charge in [0.15, 0.2) is 0 Å². The fourth-order valence-electron chi connectivity index (χ4n) is 2.03. The highest BCUT2D eigenvalue weighted by molar-refractivity contribution is 9.09. The summed E-state index contributed by atoms with van der Waals surface area (Å²) in [4.78, 5) is 12.2. The minimum Gasteiger partial charge on any atom is -0.351 e. The molecule has 1 fully saturated rings. The molecule has 16 heavy (non-hydrogen) atoms. The van der Waals surface area contributed by atoms with Gasteiger partial charge in [-0.2, -0.15) is 0 Å². The summed E-state index contributed by atoms with van der Waals surface area (Å²) in [5.41, 5.74) is 0. The molecule has 2 nitrogen and oxygen atoms in total. The van der Waals surface area contributed by atoms with E-state index in [0.717, 1.165) is 30.3 Å². The van der Waals surface area contributed by atoms with E-state index in [1.54, 1.807) is 11.8 Å². The van der Waals surface area contributed by atoms with Crippen LogP contribution in [0.2, 0.25) is 0 Å². The Labute approximate surface area is 111 Å². The minimum absolute atomic E-state index is 0.183. The number of hydrogen-bond donors (Lipinski definition) is 1. The maximum Gasteiger partial charge on any atom is 0.236 e. The topological polar surface area (TPSA) is 29.1 Å². The van der Waals surface area contributed by atoms with Gasteiger partial charge in [-0.1, -0.05) is 29.8 Å². The monoisotopic (exact) mass is 307 g/mol. The van der Waals surface area contributed by atoms with Crippen molar-refractivity contribution in [3.8, 4) is 0 Å². The first-order valence-electron chi connectivity index (χ1n) is 5.99. The Balaban J connectivity index is 2.48. The van der Waals surface area contributed by atoms with E-state index < -0.39 is 0 Å². The van der Waals surface area contributed by atoms with Crippen molar-refractivity contribution in [2.24, 2.45) is 5.92 Å². The molecule has 1 N–H and O–H groups in total. The largest absolute Gasteiger partial charge is 0.351 e. The lowest BCUT2D eigenvalue weighted by atomic mass is 10.0. The van der Waals surface area contributed by atoms with E-state index in [2.05, 4.69) is 42.0 Å². The molecule has 2 unspecified atom stereocenters. The molecule has 2 atom stereocenters. The van der Waals surface area contributed by atoms with Crippen LogP contribution in [0.15, 0.2) is 0 Å². The van der Waals surface area contributed by atoms with Crippen LogP contribution in [-0.4, -0.2) is 27.8 Å². The van der Waals surface area contributed by atoms with E-state index in [0.29, 0.717) is 5.92 Å². The van der Waals surface area contributed by atoms with Crippen LogP contribution >= 0.6 is 27.7 Å². The highest BCUT2D eigenvalue weighted by atomic mass is 79.9. The Bertz CT molecular complexity index is 239. The zero-order valence-corrected chi connectivity index (χ0v) is 12.8. The Kier molecular flexibility index (Phi) is 5.65. The Hall–Kier alpha value is 0.300. The molecule has 94 valence electrons. The van der Waals surface area contributed by atoms with Crippen molar-refractivity contribution in [3.63, 3.8) is 0 Å². The quantitative estimate of drug-likeness (QED) is 0.790.